The SMILES string of the molecule is CCOCCCN(C)CC(C)C#N. The number of ether oxygens (including phenoxy) is 1. The smallest absolute Gasteiger partial charge is 0.0666 e. The van der Waals surface area contributed by atoms with Crippen molar-refractivity contribution in [1.29, 1.82) is 5.26 Å². The molecule has 0 saturated carbocycles. The van der Waals surface area contributed by atoms with Crippen molar-refractivity contribution in [1.82, 2.24) is 4.90 Å². The van der Waals surface area contributed by atoms with Crippen LogP contribution in [0.25, 0.3) is 0 Å². The normalized spacial score (nSPS) is 12.8. The molecule has 0 radical (unpaired) electrons. The van der Waals surface area contributed by atoms with Crippen LogP contribution in [0.3, 0.4) is 0 Å². The van der Waals surface area contributed by atoms with E-state index in [0.717, 1.165) is 32.7 Å². The van der Waals surface area contributed by atoms with E-state index in [1.807, 2.05) is 20.9 Å². The van der Waals surface area contributed by atoms with Crippen LogP contribution in [0.2, 0.25) is 0 Å². The zero-order chi connectivity index (χ0) is 10.1. The predicted octanol–water partition coefficient (Wildman–Crippen LogP) is 1.50. The molecule has 1 atom stereocenters. The van der Waals surface area contributed by atoms with E-state index in [0.29, 0.717) is 0 Å². The van der Waals surface area contributed by atoms with Gasteiger partial charge in [-0.2, -0.15) is 5.26 Å². The highest BCUT2D eigenvalue weighted by atomic mass is 16.5. The molecule has 13 heavy (non-hydrogen) atoms. The van der Waals surface area contributed by atoms with Crippen molar-refractivity contribution in [2.75, 3.05) is 33.4 Å². The zero-order valence-electron chi connectivity index (χ0n) is 8.92. The summed E-state index contributed by atoms with van der Waals surface area (Å²) >= 11 is 0. The summed E-state index contributed by atoms with van der Waals surface area (Å²) in [6, 6.07) is 2.22. The van der Waals surface area contributed by atoms with Crippen molar-refractivity contribution < 1.29 is 4.74 Å². The monoisotopic (exact) mass is 184 g/mol. The highest BCUT2D eigenvalue weighted by Crippen LogP contribution is 1.96. The Kier molecular flexibility index (Phi) is 7.66. The first-order valence-electron chi connectivity index (χ1n) is 4.86. The molecule has 0 spiro atoms. The van der Waals surface area contributed by atoms with Crippen LogP contribution >= 0.6 is 0 Å². The van der Waals surface area contributed by atoms with E-state index in [1.165, 1.54) is 0 Å². The summed E-state index contributed by atoms with van der Waals surface area (Å²) < 4.78 is 5.22. The molecule has 0 bridgehead atoms. The third-order valence-corrected chi connectivity index (χ3v) is 1.84. The molecule has 76 valence electrons. The quantitative estimate of drug-likeness (QED) is 0.563. The van der Waals surface area contributed by atoms with Gasteiger partial charge in [0, 0.05) is 26.3 Å². The summed E-state index contributed by atoms with van der Waals surface area (Å²) in [4.78, 5) is 2.17. The summed E-state index contributed by atoms with van der Waals surface area (Å²) in [5, 5.41) is 8.59. The Hall–Kier alpha value is -0.590. The maximum absolute atomic E-state index is 8.59. The average Bonchev–Trinajstić information content (AvgIpc) is 2.12. The standard InChI is InChI=1S/C10H20N2O/c1-4-13-7-5-6-12(3)9-10(2)8-11/h10H,4-7,9H2,1-3H3. The molecule has 0 aliphatic heterocycles. The summed E-state index contributed by atoms with van der Waals surface area (Å²) in [6.07, 6.45) is 1.04. The Morgan fingerprint density at radius 1 is 1.54 bits per heavy atom. The minimum atomic E-state index is 0.122. The van der Waals surface area contributed by atoms with Gasteiger partial charge in [-0.3, -0.25) is 0 Å². The van der Waals surface area contributed by atoms with Crippen molar-refractivity contribution in [3.05, 3.63) is 0 Å². The third-order valence-electron chi connectivity index (χ3n) is 1.84. The van der Waals surface area contributed by atoms with Gasteiger partial charge in [-0.05, 0) is 27.3 Å². The van der Waals surface area contributed by atoms with Crippen molar-refractivity contribution in [3.63, 3.8) is 0 Å². The van der Waals surface area contributed by atoms with Gasteiger partial charge in [0.25, 0.3) is 0 Å². The van der Waals surface area contributed by atoms with Gasteiger partial charge in [-0.25, -0.2) is 0 Å². The zero-order valence-corrected chi connectivity index (χ0v) is 8.92. The van der Waals surface area contributed by atoms with Crippen LogP contribution in [-0.2, 0) is 4.74 Å². The topological polar surface area (TPSA) is 36.3 Å². The second-order valence-electron chi connectivity index (χ2n) is 3.34. The molecule has 1 unspecified atom stereocenters. The predicted molar refractivity (Wildman–Crippen MR) is 53.4 cm³/mol. The molecule has 0 fully saturated rings. The first kappa shape index (κ1) is 12.4. The van der Waals surface area contributed by atoms with Crippen LogP contribution < -0.4 is 0 Å². The lowest BCUT2D eigenvalue weighted by molar-refractivity contribution is 0.134. The summed E-state index contributed by atoms with van der Waals surface area (Å²) in [5.74, 6) is 0.122. The molecule has 0 heterocycles. The van der Waals surface area contributed by atoms with Crippen molar-refractivity contribution in [2.45, 2.75) is 20.3 Å². The first-order valence-corrected chi connectivity index (χ1v) is 4.86. The van der Waals surface area contributed by atoms with Crippen molar-refractivity contribution >= 4 is 0 Å². The van der Waals surface area contributed by atoms with Crippen LogP contribution in [0, 0.1) is 17.2 Å². The van der Waals surface area contributed by atoms with Gasteiger partial charge < -0.3 is 9.64 Å². The molecular formula is C10H20N2O. The molecular weight excluding hydrogens is 164 g/mol. The molecule has 0 rings (SSSR count). The highest BCUT2D eigenvalue weighted by Gasteiger charge is 2.03. The number of hydrogen-bond donors (Lipinski definition) is 0. The number of nitriles is 1. The van der Waals surface area contributed by atoms with E-state index < -0.39 is 0 Å². The van der Waals surface area contributed by atoms with Gasteiger partial charge in [-0.15, -0.1) is 0 Å². The maximum atomic E-state index is 8.59. The van der Waals surface area contributed by atoms with E-state index in [1.54, 1.807) is 0 Å². The van der Waals surface area contributed by atoms with Gasteiger partial charge in [0.15, 0.2) is 0 Å². The van der Waals surface area contributed by atoms with Crippen LogP contribution in [-0.4, -0.2) is 38.3 Å². The van der Waals surface area contributed by atoms with Crippen LogP contribution in [0.1, 0.15) is 20.3 Å². The second kappa shape index (κ2) is 8.03. The lowest BCUT2D eigenvalue weighted by Crippen LogP contribution is -2.25. The lowest BCUT2D eigenvalue weighted by atomic mass is 10.2. The van der Waals surface area contributed by atoms with Crippen LogP contribution in [0.5, 0.6) is 0 Å². The molecule has 0 saturated heterocycles. The van der Waals surface area contributed by atoms with Gasteiger partial charge >= 0.3 is 0 Å². The molecule has 0 aromatic heterocycles. The number of nitrogens with zero attached hydrogens (tertiary/aromatic N) is 2. The Morgan fingerprint density at radius 2 is 2.23 bits per heavy atom. The Labute approximate surface area is 81.3 Å². The van der Waals surface area contributed by atoms with E-state index in [2.05, 4.69) is 11.0 Å². The van der Waals surface area contributed by atoms with Crippen molar-refractivity contribution in [2.24, 2.45) is 5.92 Å². The molecule has 0 N–H and O–H groups in total. The molecule has 0 amide bonds. The molecule has 3 nitrogen and oxygen atoms in total. The van der Waals surface area contributed by atoms with E-state index in [4.69, 9.17) is 10.00 Å². The maximum Gasteiger partial charge on any atom is 0.0666 e. The van der Waals surface area contributed by atoms with Crippen LogP contribution in [0.4, 0.5) is 0 Å². The van der Waals surface area contributed by atoms with Gasteiger partial charge in [0.1, 0.15) is 0 Å². The van der Waals surface area contributed by atoms with E-state index >= 15 is 0 Å². The molecule has 0 aromatic carbocycles. The fraction of sp³-hybridized carbons (Fsp3) is 0.900. The summed E-state index contributed by atoms with van der Waals surface area (Å²) in [5.41, 5.74) is 0. The average molecular weight is 184 g/mol. The van der Waals surface area contributed by atoms with Crippen molar-refractivity contribution in [3.8, 4) is 6.07 Å². The van der Waals surface area contributed by atoms with E-state index in [-0.39, 0.29) is 5.92 Å². The number of rotatable bonds is 7. The second-order valence-corrected chi connectivity index (χ2v) is 3.34. The summed E-state index contributed by atoms with van der Waals surface area (Å²) in [7, 11) is 2.04. The summed E-state index contributed by atoms with van der Waals surface area (Å²) in [6.45, 7) is 7.41. The molecule has 0 aliphatic carbocycles. The van der Waals surface area contributed by atoms with Gasteiger partial charge in [0.2, 0.25) is 0 Å². The minimum Gasteiger partial charge on any atom is -0.382 e. The highest BCUT2D eigenvalue weighted by molar-refractivity contribution is 4.80. The van der Waals surface area contributed by atoms with Crippen LogP contribution in [0.15, 0.2) is 0 Å². The lowest BCUT2D eigenvalue weighted by Gasteiger charge is -2.17. The fourth-order valence-electron chi connectivity index (χ4n) is 1.18. The molecule has 0 aliphatic rings. The van der Waals surface area contributed by atoms with E-state index in [9.17, 15) is 0 Å². The minimum absolute atomic E-state index is 0.122. The Bertz CT molecular complexity index is 153. The fourth-order valence-corrected chi connectivity index (χ4v) is 1.18. The first-order chi connectivity index (χ1) is 6.20. The Balaban J connectivity index is 3.30. The van der Waals surface area contributed by atoms with Gasteiger partial charge in [-0.1, -0.05) is 0 Å². The van der Waals surface area contributed by atoms with Gasteiger partial charge in [0.05, 0.1) is 12.0 Å². The largest absolute Gasteiger partial charge is 0.382 e. The molecule has 3 heteroatoms. The third kappa shape index (κ3) is 7.76. The number of hydrogen-bond acceptors (Lipinski definition) is 3. The Morgan fingerprint density at radius 3 is 2.77 bits per heavy atom. The molecule has 0 aromatic rings.